The molecular weight excluding hydrogens is 357 g/mol. The molecule has 0 aliphatic carbocycles. The number of benzene rings is 1. The van der Waals surface area contributed by atoms with Crippen LogP contribution >= 0.6 is 11.3 Å². The first-order chi connectivity index (χ1) is 12.4. The fourth-order valence-electron chi connectivity index (χ4n) is 2.44. The molecule has 0 aliphatic rings. The van der Waals surface area contributed by atoms with Gasteiger partial charge in [0.05, 0.1) is 18.2 Å². The average molecular weight is 375 g/mol. The van der Waals surface area contributed by atoms with Gasteiger partial charge >= 0.3 is 5.97 Å². The number of hydrogen-bond acceptors (Lipinski definition) is 7. The van der Waals surface area contributed by atoms with Gasteiger partial charge in [0.25, 0.3) is 5.89 Å². The van der Waals surface area contributed by atoms with Crippen LogP contribution in [0.25, 0.3) is 10.9 Å². The molecule has 1 aromatic carbocycles. The molecule has 0 N–H and O–H groups in total. The van der Waals surface area contributed by atoms with Crippen LogP contribution in [0.5, 0.6) is 0 Å². The zero-order valence-electron chi connectivity index (χ0n) is 14.7. The third-order valence-electron chi connectivity index (χ3n) is 3.83. The Morgan fingerprint density at radius 2 is 2.00 bits per heavy atom. The lowest BCUT2D eigenvalue weighted by molar-refractivity contribution is -0.150. The van der Waals surface area contributed by atoms with E-state index in [9.17, 15) is 9.18 Å². The summed E-state index contributed by atoms with van der Waals surface area (Å²) in [5.41, 5.74) is 1.05. The third-order valence-corrected chi connectivity index (χ3v) is 4.71. The Morgan fingerprint density at radius 1 is 1.27 bits per heavy atom. The highest BCUT2D eigenvalue weighted by molar-refractivity contribution is 7.13. The molecule has 3 aromatic rings. The van der Waals surface area contributed by atoms with Crippen LogP contribution in [0.2, 0.25) is 0 Å². The Morgan fingerprint density at radius 3 is 2.69 bits per heavy atom. The third kappa shape index (κ3) is 4.13. The van der Waals surface area contributed by atoms with Gasteiger partial charge in [-0.2, -0.15) is 0 Å². The van der Waals surface area contributed by atoms with Crippen molar-refractivity contribution in [1.82, 2.24) is 15.2 Å². The Bertz CT molecular complexity index is 903. The van der Waals surface area contributed by atoms with E-state index in [1.807, 2.05) is 5.38 Å². The van der Waals surface area contributed by atoms with Crippen molar-refractivity contribution in [2.45, 2.75) is 26.7 Å². The molecule has 0 saturated heterocycles. The fraction of sp³-hybridized carbons (Fsp3) is 0.333. The van der Waals surface area contributed by atoms with Gasteiger partial charge in [-0.3, -0.25) is 4.79 Å². The summed E-state index contributed by atoms with van der Waals surface area (Å²) in [6, 6.07) is 6.31. The molecule has 0 amide bonds. The summed E-state index contributed by atoms with van der Waals surface area (Å²) in [6.07, 6.45) is 0.869. The number of thiazole rings is 1. The van der Waals surface area contributed by atoms with E-state index in [-0.39, 0.29) is 18.2 Å². The second-order valence-corrected chi connectivity index (χ2v) is 7.36. The minimum Gasteiger partial charge on any atom is -0.469 e. The van der Waals surface area contributed by atoms with E-state index >= 15 is 0 Å². The fourth-order valence-corrected chi connectivity index (χ4v) is 3.17. The van der Waals surface area contributed by atoms with Crippen molar-refractivity contribution >= 4 is 17.3 Å². The molecule has 0 saturated carbocycles. The van der Waals surface area contributed by atoms with Crippen LogP contribution in [-0.4, -0.2) is 28.3 Å². The van der Waals surface area contributed by atoms with E-state index < -0.39 is 5.41 Å². The van der Waals surface area contributed by atoms with Crippen molar-refractivity contribution in [3.63, 3.8) is 0 Å². The minimum atomic E-state index is -0.755. The van der Waals surface area contributed by atoms with Crippen LogP contribution in [0.3, 0.4) is 0 Å². The van der Waals surface area contributed by atoms with Gasteiger partial charge in [-0.1, -0.05) is 12.1 Å². The molecule has 0 spiro atoms. The number of carbonyl (C=O) groups is 1. The number of methoxy groups -OCH3 is 1. The topological polar surface area (TPSA) is 78.1 Å². The predicted molar refractivity (Wildman–Crippen MR) is 94.1 cm³/mol. The molecule has 0 bridgehead atoms. The van der Waals surface area contributed by atoms with Crippen LogP contribution in [0, 0.1) is 11.2 Å². The predicted octanol–water partition coefficient (Wildman–Crippen LogP) is 3.66. The number of ether oxygens (including phenoxy) is 1. The number of esters is 1. The zero-order chi connectivity index (χ0) is 18.7. The Labute approximate surface area is 154 Å². The van der Waals surface area contributed by atoms with Crippen molar-refractivity contribution in [3.05, 3.63) is 52.6 Å². The molecule has 136 valence electrons. The normalized spacial score (nSPS) is 11.5. The van der Waals surface area contributed by atoms with Gasteiger partial charge in [0.1, 0.15) is 5.82 Å². The summed E-state index contributed by atoms with van der Waals surface area (Å²) in [5, 5.41) is 10.5. The summed E-state index contributed by atoms with van der Waals surface area (Å²) in [4.78, 5) is 16.3. The number of nitrogens with zero attached hydrogens (tertiary/aromatic N) is 3. The molecule has 0 fully saturated rings. The number of aromatic nitrogens is 3. The number of halogens is 1. The summed E-state index contributed by atoms with van der Waals surface area (Å²) in [5.74, 6) is 0.0655. The standard InChI is InChI=1S/C18H18FN3O3S/c1-18(2,17(23)24-3)9-14-21-22-15(25-14)16-20-13(10-26-16)8-11-4-6-12(19)7-5-11/h4-7,10H,8-9H2,1-3H3. The molecule has 2 heterocycles. The lowest BCUT2D eigenvalue weighted by Gasteiger charge is -2.18. The highest BCUT2D eigenvalue weighted by Crippen LogP contribution is 2.27. The van der Waals surface area contributed by atoms with Gasteiger partial charge in [-0.15, -0.1) is 21.5 Å². The maximum Gasteiger partial charge on any atom is 0.311 e. The van der Waals surface area contributed by atoms with Crippen LogP contribution in [0.15, 0.2) is 34.1 Å². The molecular formula is C18H18FN3O3S. The SMILES string of the molecule is COC(=O)C(C)(C)Cc1nnc(-c2nc(Cc3ccc(F)cc3)cs2)o1. The average Bonchev–Trinajstić information content (AvgIpc) is 3.25. The monoisotopic (exact) mass is 375 g/mol. The van der Waals surface area contributed by atoms with Gasteiger partial charge in [0.15, 0.2) is 5.01 Å². The second-order valence-electron chi connectivity index (χ2n) is 6.50. The van der Waals surface area contributed by atoms with E-state index in [1.165, 1.54) is 30.6 Å². The number of rotatable bonds is 6. The minimum absolute atomic E-state index is 0.263. The van der Waals surface area contributed by atoms with E-state index in [4.69, 9.17) is 9.15 Å². The highest BCUT2D eigenvalue weighted by Gasteiger charge is 2.31. The smallest absolute Gasteiger partial charge is 0.311 e. The van der Waals surface area contributed by atoms with E-state index in [2.05, 4.69) is 15.2 Å². The Hall–Kier alpha value is -2.61. The Balaban J connectivity index is 1.71. The van der Waals surface area contributed by atoms with E-state index in [0.717, 1.165) is 11.3 Å². The van der Waals surface area contributed by atoms with Crippen molar-refractivity contribution in [1.29, 1.82) is 0 Å². The van der Waals surface area contributed by atoms with Crippen LogP contribution in [-0.2, 0) is 22.4 Å². The van der Waals surface area contributed by atoms with Crippen LogP contribution in [0.1, 0.15) is 31.0 Å². The van der Waals surface area contributed by atoms with E-state index in [1.54, 1.807) is 26.0 Å². The number of carbonyl (C=O) groups excluding carboxylic acids is 1. The quantitative estimate of drug-likeness (QED) is 0.612. The molecule has 0 radical (unpaired) electrons. The van der Waals surface area contributed by atoms with Crippen LogP contribution < -0.4 is 0 Å². The van der Waals surface area contributed by atoms with Crippen LogP contribution in [0.4, 0.5) is 4.39 Å². The molecule has 0 aliphatic heterocycles. The molecule has 3 rings (SSSR count). The summed E-state index contributed by atoms with van der Waals surface area (Å²) in [6.45, 7) is 3.51. The maximum absolute atomic E-state index is 13.0. The first-order valence-electron chi connectivity index (χ1n) is 7.97. The maximum atomic E-state index is 13.0. The molecule has 8 heteroatoms. The van der Waals surface area contributed by atoms with Crippen molar-refractivity contribution < 1.29 is 18.3 Å². The molecule has 0 unspecified atom stereocenters. The first-order valence-corrected chi connectivity index (χ1v) is 8.85. The van der Waals surface area contributed by atoms with Gasteiger partial charge in [-0.25, -0.2) is 9.37 Å². The van der Waals surface area contributed by atoms with Gasteiger partial charge in [-0.05, 0) is 31.5 Å². The molecule has 6 nitrogen and oxygen atoms in total. The van der Waals surface area contributed by atoms with Gasteiger partial charge in [0, 0.05) is 18.2 Å². The van der Waals surface area contributed by atoms with Crippen molar-refractivity contribution in [2.24, 2.45) is 5.41 Å². The summed E-state index contributed by atoms with van der Waals surface area (Å²) in [7, 11) is 1.35. The van der Waals surface area contributed by atoms with Gasteiger partial charge in [0.2, 0.25) is 5.89 Å². The second kappa shape index (κ2) is 7.33. The molecule has 0 atom stereocenters. The van der Waals surface area contributed by atoms with E-state index in [0.29, 0.717) is 23.2 Å². The molecule has 26 heavy (non-hydrogen) atoms. The first kappa shape index (κ1) is 18.2. The lowest BCUT2D eigenvalue weighted by atomic mass is 9.89. The molecule has 2 aromatic heterocycles. The largest absolute Gasteiger partial charge is 0.469 e. The van der Waals surface area contributed by atoms with Gasteiger partial charge < -0.3 is 9.15 Å². The highest BCUT2D eigenvalue weighted by atomic mass is 32.1. The number of hydrogen-bond donors (Lipinski definition) is 0. The summed E-state index contributed by atoms with van der Waals surface area (Å²) < 4.78 is 23.4. The van der Waals surface area contributed by atoms with Crippen molar-refractivity contribution in [3.8, 4) is 10.9 Å². The lowest BCUT2D eigenvalue weighted by Crippen LogP contribution is -2.28. The van der Waals surface area contributed by atoms with Crippen molar-refractivity contribution in [2.75, 3.05) is 7.11 Å². The summed E-state index contributed by atoms with van der Waals surface area (Å²) >= 11 is 1.39. The Kier molecular flexibility index (Phi) is 5.13. The zero-order valence-corrected chi connectivity index (χ0v) is 15.5.